The van der Waals surface area contributed by atoms with Gasteiger partial charge in [-0.2, -0.15) is 0 Å². The Labute approximate surface area is 97.3 Å². The Morgan fingerprint density at radius 2 is 1.75 bits per heavy atom. The van der Waals surface area contributed by atoms with Gasteiger partial charge < -0.3 is 4.74 Å². The van der Waals surface area contributed by atoms with E-state index in [-0.39, 0.29) is 35.5 Å². The second-order valence-corrected chi connectivity index (χ2v) is 2.75. The first-order valence-corrected chi connectivity index (χ1v) is 4.40. The van der Waals surface area contributed by atoms with Crippen LogP contribution in [-0.4, -0.2) is 42.1 Å². The molecule has 0 atom stereocenters. The fourth-order valence-corrected chi connectivity index (χ4v) is 0.922. The summed E-state index contributed by atoms with van der Waals surface area (Å²) in [7, 11) is 0. The topological polar surface area (TPSA) is 26.3 Å². The van der Waals surface area contributed by atoms with E-state index in [2.05, 4.69) is 6.92 Å². The van der Waals surface area contributed by atoms with Gasteiger partial charge in [0.15, 0.2) is 0 Å². The molecule has 0 heterocycles. The Bertz CT molecular complexity index is 105. The summed E-state index contributed by atoms with van der Waals surface area (Å²) in [6.07, 6.45) is 6.01. The summed E-state index contributed by atoms with van der Waals surface area (Å²) in [5.41, 5.74) is 0. The Morgan fingerprint density at radius 3 is 2.25 bits per heavy atom. The van der Waals surface area contributed by atoms with Crippen molar-refractivity contribution in [1.29, 1.82) is 0 Å². The predicted molar refractivity (Wildman–Crippen MR) is 52.5 cm³/mol. The molecule has 0 aromatic carbocycles. The number of hydrogen-bond acceptors (Lipinski definition) is 2. The van der Waals surface area contributed by atoms with Crippen molar-refractivity contribution in [2.75, 3.05) is 6.61 Å². The molecular weight excluding hydrogens is 163 g/mol. The molecule has 0 aliphatic rings. The molecular formula is C9H19NaO2. The molecule has 0 radical (unpaired) electrons. The summed E-state index contributed by atoms with van der Waals surface area (Å²) in [6.45, 7) is 4.23. The summed E-state index contributed by atoms with van der Waals surface area (Å²) in [4.78, 5) is 10.3. The molecule has 0 bridgehead atoms. The molecule has 3 heteroatoms. The van der Waals surface area contributed by atoms with Gasteiger partial charge in [0.25, 0.3) is 0 Å². The predicted octanol–water partition coefficient (Wildman–Crippen LogP) is 1.87. The van der Waals surface area contributed by atoms with Crippen molar-refractivity contribution in [2.24, 2.45) is 0 Å². The fraction of sp³-hybridized carbons (Fsp3) is 0.889. The summed E-state index contributed by atoms with van der Waals surface area (Å²) < 4.78 is 4.78. The van der Waals surface area contributed by atoms with Gasteiger partial charge in [-0.1, -0.05) is 32.6 Å². The molecule has 68 valence electrons. The van der Waals surface area contributed by atoms with Crippen LogP contribution in [-0.2, 0) is 9.53 Å². The van der Waals surface area contributed by atoms with Crippen LogP contribution in [0, 0.1) is 0 Å². The molecule has 0 aromatic rings. The third-order valence-corrected chi connectivity index (χ3v) is 1.55. The summed E-state index contributed by atoms with van der Waals surface area (Å²) in [6, 6.07) is 0. The quantitative estimate of drug-likeness (QED) is 0.356. The van der Waals surface area contributed by atoms with Gasteiger partial charge in [-0.15, -0.1) is 0 Å². The van der Waals surface area contributed by atoms with Crippen LogP contribution < -0.4 is 0 Å². The van der Waals surface area contributed by atoms with E-state index in [4.69, 9.17) is 4.74 Å². The molecule has 0 N–H and O–H groups in total. The fourth-order valence-electron chi connectivity index (χ4n) is 0.922. The van der Waals surface area contributed by atoms with Gasteiger partial charge in [-0.05, 0) is 6.42 Å². The normalized spacial score (nSPS) is 8.83. The van der Waals surface area contributed by atoms with Crippen LogP contribution in [0.2, 0.25) is 0 Å². The standard InChI is InChI=1S/C9H18O2.Na.H/c1-3-4-5-6-7-8-11-9(2)10;;/h3-8H2,1-2H3;;. The monoisotopic (exact) mass is 182 g/mol. The van der Waals surface area contributed by atoms with Gasteiger partial charge >= 0.3 is 35.5 Å². The zero-order chi connectivity index (χ0) is 8.53. The van der Waals surface area contributed by atoms with Crippen LogP contribution in [0.25, 0.3) is 0 Å². The number of carbonyl (C=O) groups is 1. The van der Waals surface area contributed by atoms with E-state index in [9.17, 15) is 4.79 Å². The third-order valence-electron chi connectivity index (χ3n) is 1.55. The average molecular weight is 182 g/mol. The van der Waals surface area contributed by atoms with E-state index >= 15 is 0 Å². The molecule has 0 rings (SSSR count). The van der Waals surface area contributed by atoms with E-state index in [1.54, 1.807) is 0 Å². The first kappa shape index (κ1) is 15.0. The minimum atomic E-state index is -0.166. The Balaban J connectivity index is 0. The van der Waals surface area contributed by atoms with Crippen molar-refractivity contribution in [2.45, 2.75) is 46.0 Å². The number of hydrogen-bond donors (Lipinski definition) is 0. The number of ether oxygens (including phenoxy) is 1. The Hall–Kier alpha value is 0.470. The summed E-state index contributed by atoms with van der Waals surface area (Å²) >= 11 is 0. The van der Waals surface area contributed by atoms with Crippen molar-refractivity contribution in [3.8, 4) is 0 Å². The Kier molecular flexibility index (Phi) is 14.3. The molecule has 2 nitrogen and oxygen atoms in total. The molecule has 0 fully saturated rings. The second kappa shape index (κ2) is 11.5. The number of carbonyl (C=O) groups excluding carboxylic acids is 1. The molecule has 0 saturated heterocycles. The molecule has 0 saturated carbocycles. The molecule has 0 spiro atoms. The van der Waals surface area contributed by atoms with Crippen molar-refractivity contribution < 1.29 is 9.53 Å². The molecule has 0 aliphatic heterocycles. The van der Waals surface area contributed by atoms with Crippen LogP contribution >= 0.6 is 0 Å². The van der Waals surface area contributed by atoms with Gasteiger partial charge in [-0.3, -0.25) is 4.79 Å². The van der Waals surface area contributed by atoms with Gasteiger partial charge in [0.05, 0.1) is 6.61 Å². The van der Waals surface area contributed by atoms with Crippen LogP contribution in [0.5, 0.6) is 0 Å². The van der Waals surface area contributed by atoms with Crippen LogP contribution in [0.3, 0.4) is 0 Å². The van der Waals surface area contributed by atoms with E-state index in [0.717, 1.165) is 6.42 Å². The zero-order valence-corrected chi connectivity index (χ0v) is 7.56. The number of unbranched alkanes of at least 4 members (excludes halogenated alkanes) is 4. The molecule has 0 aliphatic carbocycles. The van der Waals surface area contributed by atoms with Crippen molar-refractivity contribution in [3.05, 3.63) is 0 Å². The SMILES string of the molecule is CCCCCCCOC(C)=O.[NaH]. The van der Waals surface area contributed by atoms with Crippen LogP contribution in [0.15, 0.2) is 0 Å². The van der Waals surface area contributed by atoms with E-state index < -0.39 is 0 Å². The van der Waals surface area contributed by atoms with Crippen molar-refractivity contribution in [3.63, 3.8) is 0 Å². The molecule has 0 unspecified atom stereocenters. The van der Waals surface area contributed by atoms with Crippen LogP contribution in [0.4, 0.5) is 0 Å². The maximum atomic E-state index is 10.3. The molecule has 0 aromatic heterocycles. The average Bonchev–Trinajstić information content (AvgIpc) is 1.96. The molecule has 12 heavy (non-hydrogen) atoms. The Morgan fingerprint density at radius 1 is 1.17 bits per heavy atom. The number of esters is 1. The van der Waals surface area contributed by atoms with Gasteiger partial charge in [0.1, 0.15) is 0 Å². The first-order valence-electron chi connectivity index (χ1n) is 4.40. The summed E-state index contributed by atoms with van der Waals surface area (Å²) in [5.74, 6) is -0.166. The van der Waals surface area contributed by atoms with Crippen LogP contribution in [0.1, 0.15) is 46.0 Å². The number of rotatable bonds is 6. The summed E-state index contributed by atoms with van der Waals surface area (Å²) in [5, 5.41) is 0. The van der Waals surface area contributed by atoms with Gasteiger partial charge in [0.2, 0.25) is 0 Å². The van der Waals surface area contributed by atoms with E-state index in [1.807, 2.05) is 0 Å². The van der Waals surface area contributed by atoms with Crippen molar-refractivity contribution in [1.82, 2.24) is 0 Å². The van der Waals surface area contributed by atoms with E-state index in [0.29, 0.717) is 6.61 Å². The zero-order valence-electron chi connectivity index (χ0n) is 7.56. The van der Waals surface area contributed by atoms with Gasteiger partial charge in [0, 0.05) is 6.92 Å². The molecule has 0 amide bonds. The second-order valence-electron chi connectivity index (χ2n) is 2.75. The maximum absolute atomic E-state index is 10.3. The third kappa shape index (κ3) is 13.1. The van der Waals surface area contributed by atoms with E-state index in [1.165, 1.54) is 32.6 Å². The van der Waals surface area contributed by atoms with Gasteiger partial charge in [-0.25, -0.2) is 0 Å². The van der Waals surface area contributed by atoms with Crippen molar-refractivity contribution >= 4 is 35.5 Å². The first-order chi connectivity index (χ1) is 5.27. The minimum absolute atomic E-state index is 0.